The fraction of sp³-hybridized carbons (Fsp3) is 0.310. The number of amides is 2. The van der Waals surface area contributed by atoms with Crippen molar-refractivity contribution < 1.29 is 18.0 Å². The molecule has 0 saturated carbocycles. The number of sulfonamides is 1. The Bertz CT molecular complexity index is 1420. The minimum absolute atomic E-state index is 0.0377. The second kappa shape index (κ2) is 12.4. The normalized spacial score (nSPS) is 12.5. The molecule has 3 aromatic rings. The first kappa shape index (κ1) is 30.5. The van der Waals surface area contributed by atoms with Crippen LogP contribution in [-0.2, 0) is 26.2 Å². The lowest BCUT2D eigenvalue weighted by Crippen LogP contribution is -2.54. The molecule has 0 fully saturated rings. The van der Waals surface area contributed by atoms with Gasteiger partial charge in [0.05, 0.1) is 10.6 Å². The summed E-state index contributed by atoms with van der Waals surface area (Å²) >= 11 is 12.2. The highest BCUT2D eigenvalue weighted by Gasteiger charge is 2.33. The highest BCUT2D eigenvalue weighted by atomic mass is 35.5. The first-order valence-corrected chi connectivity index (χ1v) is 14.6. The topological polar surface area (TPSA) is 86.8 Å². The molecular formula is C29H33Cl2N3O4S. The summed E-state index contributed by atoms with van der Waals surface area (Å²) in [4.78, 5) is 28.4. The van der Waals surface area contributed by atoms with Crippen molar-refractivity contribution in [1.29, 1.82) is 0 Å². The van der Waals surface area contributed by atoms with E-state index in [2.05, 4.69) is 5.32 Å². The number of nitrogens with one attached hydrogen (secondary N) is 1. The van der Waals surface area contributed by atoms with E-state index in [9.17, 15) is 18.0 Å². The van der Waals surface area contributed by atoms with E-state index in [4.69, 9.17) is 23.2 Å². The molecule has 1 atom stereocenters. The summed E-state index contributed by atoms with van der Waals surface area (Å²) in [6, 6.07) is 18.6. The van der Waals surface area contributed by atoms with Gasteiger partial charge in [0.25, 0.3) is 10.0 Å². The van der Waals surface area contributed by atoms with Gasteiger partial charge in [-0.25, -0.2) is 8.42 Å². The molecule has 0 aliphatic carbocycles. The second-order valence-electron chi connectivity index (χ2n) is 10.4. The van der Waals surface area contributed by atoms with E-state index >= 15 is 0 Å². The third-order valence-corrected chi connectivity index (χ3v) is 8.19. The van der Waals surface area contributed by atoms with Crippen LogP contribution in [0, 0.1) is 6.92 Å². The predicted octanol–water partition coefficient (Wildman–Crippen LogP) is 5.83. The molecule has 0 bridgehead atoms. The van der Waals surface area contributed by atoms with Crippen LogP contribution in [-0.4, -0.2) is 43.3 Å². The Balaban J connectivity index is 2.03. The van der Waals surface area contributed by atoms with Crippen molar-refractivity contribution in [3.05, 3.63) is 94.0 Å². The van der Waals surface area contributed by atoms with Gasteiger partial charge in [0.15, 0.2) is 0 Å². The van der Waals surface area contributed by atoms with Crippen LogP contribution in [0.2, 0.25) is 10.0 Å². The summed E-state index contributed by atoms with van der Waals surface area (Å²) in [6.45, 7) is 8.52. The molecule has 1 N–H and O–H groups in total. The van der Waals surface area contributed by atoms with Gasteiger partial charge < -0.3 is 10.2 Å². The molecule has 2 amide bonds. The smallest absolute Gasteiger partial charge is 0.264 e. The average molecular weight is 591 g/mol. The number of rotatable bonds is 9. The highest BCUT2D eigenvalue weighted by molar-refractivity contribution is 7.92. The Kier molecular flexibility index (Phi) is 9.69. The Morgan fingerprint density at radius 3 is 2.10 bits per heavy atom. The van der Waals surface area contributed by atoms with Crippen molar-refractivity contribution >= 4 is 50.7 Å². The molecule has 0 spiro atoms. The maximum atomic E-state index is 13.9. The fourth-order valence-corrected chi connectivity index (χ4v) is 5.62. The van der Waals surface area contributed by atoms with Crippen LogP contribution in [0.1, 0.15) is 38.8 Å². The molecule has 0 unspecified atom stereocenters. The van der Waals surface area contributed by atoms with Gasteiger partial charge in [0.2, 0.25) is 11.8 Å². The van der Waals surface area contributed by atoms with Crippen molar-refractivity contribution in [2.24, 2.45) is 0 Å². The van der Waals surface area contributed by atoms with Crippen LogP contribution in [0.5, 0.6) is 0 Å². The fourth-order valence-electron chi connectivity index (χ4n) is 3.86. The molecule has 3 aromatic carbocycles. The summed E-state index contributed by atoms with van der Waals surface area (Å²) < 4.78 is 28.7. The maximum Gasteiger partial charge on any atom is 0.264 e. The number of hydrogen-bond acceptors (Lipinski definition) is 4. The summed E-state index contributed by atoms with van der Waals surface area (Å²) in [7, 11) is -4.15. The second-order valence-corrected chi connectivity index (χ2v) is 13.1. The highest BCUT2D eigenvalue weighted by Crippen LogP contribution is 2.26. The molecule has 0 radical (unpaired) electrons. The monoisotopic (exact) mass is 589 g/mol. The summed E-state index contributed by atoms with van der Waals surface area (Å²) in [5.41, 5.74) is 1.34. The average Bonchev–Trinajstić information content (AvgIpc) is 2.85. The standard InChI is InChI=1S/C29H33Cl2N3O4S/c1-20-9-15-26(16-10-20)39(37,38)34(25-13-11-23(30)12-14-25)19-27(35)33(18-22-7-6-8-24(31)17-22)21(2)28(36)32-29(3,4)5/h6-17,21H,18-19H2,1-5H3,(H,32,36)/t21-/m0/s1. The van der Waals surface area contributed by atoms with E-state index in [1.54, 1.807) is 67.6 Å². The molecule has 0 aliphatic heterocycles. The van der Waals surface area contributed by atoms with Crippen molar-refractivity contribution in [3.8, 4) is 0 Å². The zero-order valence-electron chi connectivity index (χ0n) is 22.6. The molecule has 0 heterocycles. The van der Waals surface area contributed by atoms with Gasteiger partial charge in [-0.2, -0.15) is 0 Å². The van der Waals surface area contributed by atoms with Gasteiger partial charge >= 0.3 is 0 Å². The Morgan fingerprint density at radius 2 is 1.54 bits per heavy atom. The summed E-state index contributed by atoms with van der Waals surface area (Å²) in [5.74, 6) is -0.922. The van der Waals surface area contributed by atoms with Gasteiger partial charge in [-0.15, -0.1) is 0 Å². The Hall–Kier alpha value is -3.07. The van der Waals surface area contributed by atoms with Gasteiger partial charge in [0, 0.05) is 22.1 Å². The van der Waals surface area contributed by atoms with Crippen LogP contribution in [0.25, 0.3) is 0 Å². The van der Waals surface area contributed by atoms with E-state index in [1.807, 2.05) is 27.7 Å². The molecule has 0 aliphatic rings. The first-order chi connectivity index (χ1) is 18.2. The molecule has 3 rings (SSSR count). The number of anilines is 1. The van der Waals surface area contributed by atoms with Gasteiger partial charge in [-0.3, -0.25) is 13.9 Å². The van der Waals surface area contributed by atoms with Crippen LogP contribution >= 0.6 is 23.2 Å². The zero-order valence-corrected chi connectivity index (χ0v) is 24.9. The van der Waals surface area contributed by atoms with Crippen LogP contribution in [0.15, 0.2) is 77.7 Å². The molecule has 0 saturated heterocycles. The molecule has 7 nitrogen and oxygen atoms in total. The van der Waals surface area contributed by atoms with E-state index in [0.29, 0.717) is 15.6 Å². The Labute approximate surface area is 240 Å². The molecular weight excluding hydrogens is 557 g/mol. The van der Waals surface area contributed by atoms with Gasteiger partial charge in [-0.1, -0.05) is 53.0 Å². The number of aryl methyl sites for hydroxylation is 1. The third kappa shape index (κ3) is 8.21. The van der Waals surface area contributed by atoms with Crippen molar-refractivity contribution in [1.82, 2.24) is 10.2 Å². The molecule has 39 heavy (non-hydrogen) atoms. The first-order valence-electron chi connectivity index (χ1n) is 12.4. The molecule has 10 heteroatoms. The lowest BCUT2D eigenvalue weighted by molar-refractivity contribution is -0.140. The molecule has 208 valence electrons. The van der Waals surface area contributed by atoms with Crippen LogP contribution < -0.4 is 9.62 Å². The number of hydrogen-bond donors (Lipinski definition) is 1. The minimum atomic E-state index is -4.15. The lowest BCUT2D eigenvalue weighted by atomic mass is 10.1. The number of benzene rings is 3. The van der Waals surface area contributed by atoms with E-state index in [0.717, 1.165) is 9.87 Å². The third-order valence-electron chi connectivity index (χ3n) is 5.91. The van der Waals surface area contributed by atoms with Crippen molar-refractivity contribution in [2.45, 2.75) is 57.6 Å². The van der Waals surface area contributed by atoms with E-state index in [-0.39, 0.29) is 23.0 Å². The zero-order chi connectivity index (χ0) is 29.0. The van der Waals surface area contributed by atoms with Crippen LogP contribution in [0.3, 0.4) is 0 Å². The van der Waals surface area contributed by atoms with Gasteiger partial charge in [-0.05, 0) is 88.7 Å². The lowest BCUT2D eigenvalue weighted by Gasteiger charge is -2.33. The summed E-state index contributed by atoms with van der Waals surface area (Å²) in [5, 5.41) is 3.81. The minimum Gasteiger partial charge on any atom is -0.350 e. The number of carbonyl (C=O) groups is 2. The molecule has 0 aromatic heterocycles. The van der Waals surface area contributed by atoms with Crippen molar-refractivity contribution in [2.75, 3.05) is 10.8 Å². The van der Waals surface area contributed by atoms with Gasteiger partial charge in [0.1, 0.15) is 12.6 Å². The van der Waals surface area contributed by atoms with Crippen LogP contribution in [0.4, 0.5) is 5.69 Å². The SMILES string of the molecule is Cc1ccc(S(=O)(=O)N(CC(=O)N(Cc2cccc(Cl)c2)[C@@H](C)C(=O)NC(C)(C)C)c2ccc(Cl)cc2)cc1. The van der Waals surface area contributed by atoms with E-state index < -0.39 is 34.1 Å². The number of carbonyl (C=O) groups excluding carboxylic acids is 2. The van der Waals surface area contributed by atoms with E-state index in [1.165, 1.54) is 17.0 Å². The predicted molar refractivity (Wildman–Crippen MR) is 157 cm³/mol. The van der Waals surface area contributed by atoms with Crippen molar-refractivity contribution in [3.63, 3.8) is 0 Å². The number of nitrogens with zero attached hydrogens (tertiary/aromatic N) is 2. The number of halogens is 2. The quantitative estimate of drug-likeness (QED) is 0.340. The summed E-state index contributed by atoms with van der Waals surface area (Å²) in [6.07, 6.45) is 0. The maximum absolute atomic E-state index is 13.9. The Morgan fingerprint density at radius 1 is 0.923 bits per heavy atom. The largest absolute Gasteiger partial charge is 0.350 e.